The summed E-state index contributed by atoms with van der Waals surface area (Å²) < 4.78 is 0. The number of carbonyl (C=O) groups is 3. The Bertz CT molecular complexity index is 834. The second-order valence-electron chi connectivity index (χ2n) is 4.56. The van der Waals surface area contributed by atoms with Gasteiger partial charge in [-0.2, -0.15) is 0 Å². The standard InChI is InChI=1S/C15H8O6/c16-9-3-1-2-7-11(9)14(19)12-8(13(7)18)4-6(15(20)21)5-10(12)17/h1-5,16-17H,(H,20,21)/p-1. The van der Waals surface area contributed by atoms with Crippen molar-refractivity contribution in [1.82, 2.24) is 0 Å². The highest BCUT2D eigenvalue weighted by atomic mass is 16.4. The molecular formula is C15H7O6-. The summed E-state index contributed by atoms with van der Waals surface area (Å²) in [7, 11) is 0. The lowest BCUT2D eigenvalue weighted by atomic mass is 9.82. The van der Waals surface area contributed by atoms with Gasteiger partial charge in [0.15, 0.2) is 11.6 Å². The molecule has 2 aromatic carbocycles. The molecule has 0 heterocycles. The molecule has 0 bridgehead atoms. The van der Waals surface area contributed by atoms with Crippen LogP contribution in [0, 0.1) is 0 Å². The fourth-order valence-electron chi connectivity index (χ4n) is 2.39. The number of phenols is 1. The molecule has 0 fully saturated rings. The third-order valence-corrected chi connectivity index (χ3v) is 3.33. The van der Waals surface area contributed by atoms with Gasteiger partial charge in [-0.3, -0.25) is 9.59 Å². The lowest BCUT2D eigenvalue weighted by Gasteiger charge is -2.23. The van der Waals surface area contributed by atoms with Gasteiger partial charge in [0.05, 0.1) is 11.1 Å². The molecule has 6 nitrogen and oxygen atoms in total. The lowest BCUT2D eigenvalue weighted by Crippen LogP contribution is -2.23. The maximum absolute atomic E-state index is 12.3. The van der Waals surface area contributed by atoms with Gasteiger partial charge in [0, 0.05) is 16.7 Å². The van der Waals surface area contributed by atoms with Crippen LogP contribution in [0.4, 0.5) is 0 Å². The SMILES string of the molecule is O=C(O)c1cc(O)c2c(c1)C(=O)c1cccc([O-])c1C2=O. The van der Waals surface area contributed by atoms with E-state index in [0.717, 1.165) is 18.2 Å². The molecule has 2 N–H and O–H groups in total. The maximum atomic E-state index is 12.3. The van der Waals surface area contributed by atoms with Crippen LogP contribution in [0.25, 0.3) is 0 Å². The minimum atomic E-state index is -1.34. The molecule has 0 atom stereocenters. The van der Waals surface area contributed by atoms with Gasteiger partial charge in [-0.1, -0.05) is 23.9 Å². The van der Waals surface area contributed by atoms with Gasteiger partial charge in [-0.15, -0.1) is 0 Å². The highest BCUT2D eigenvalue weighted by molar-refractivity contribution is 6.30. The number of fused-ring (bicyclic) bond motifs is 2. The molecule has 0 saturated heterocycles. The monoisotopic (exact) mass is 283 g/mol. The first-order valence-electron chi connectivity index (χ1n) is 5.91. The van der Waals surface area contributed by atoms with E-state index in [1.165, 1.54) is 12.1 Å². The molecule has 0 aliphatic heterocycles. The van der Waals surface area contributed by atoms with E-state index in [0.29, 0.717) is 0 Å². The van der Waals surface area contributed by atoms with Gasteiger partial charge in [-0.25, -0.2) is 4.79 Å². The van der Waals surface area contributed by atoms with Gasteiger partial charge >= 0.3 is 5.97 Å². The molecule has 0 amide bonds. The van der Waals surface area contributed by atoms with Crippen LogP contribution >= 0.6 is 0 Å². The summed E-state index contributed by atoms with van der Waals surface area (Å²) in [5.41, 5.74) is -1.24. The average Bonchev–Trinajstić information content (AvgIpc) is 2.43. The first-order chi connectivity index (χ1) is 9.91. The number of benzene rings is 2. The van der Waals surface area contributed by atoms with Crippen molar-refractivity contribution in [3.63, 3.8) is 0 Å². The molecule has 0 radical (unpaired) electrons. The van der Waals surface area contributed by atoms with Crippen LogP contribution in [-0.4, -0.2) is 27.7 Å². The molecule has 0 spiro atoms. The van der Waals surface area contributed by atoms with E-state index >= 15 is 0 Å². The van der Waals surface area contributed by atoms with E-state index in [-0.39, 0.29) is 27.8 Å². The third-order valence-electron chi connectivity index (χ3n) is 3.33. The largest absolute Gasteiger partial charge is 0.872 e. The predicted molar refractivity (Wildman–Crippen MR) is 67.8 cm³/mol. The second kappa shape index (κ2) is 4.17. The van der Waals surface area contributed by atoms with Crippen molar-refractivity contribution in [3.05, 3.63) is 58.1 Å². The molecule has 0 aromatic heterocycles. The summed E-state index contributed by atoms with van der Waals surface area (Å²) in [6.45, 7) is 0. The number of hydrogen-bond acceptors (Lipinski definition) is 5. The van der Waals surface area contributed by atoms with Crippen molar-refractivity contribution in [2.45, 2.75) is 0 Å². The van der Waals surface area contributed by atoms with E-state index in [1.54, 1.807) is 0 Å². The number of aromatic hydroxyl groups is 1. The fourth-order valence-corrected chi connectivity index (χ4v) is 2.39. The predicted octanol–water partition coefficient (Wildman–Crippen LogP) is 0.939. The number of hydrogen-bond donors (Lipinski definition) is 2. The quantitative estimate of drug-likeness (QED) is 0.686. The Morgan fingerprint density at radius 1 is 1.00 bits per heavy atom. The Hall–Kier alpha value is -3.15. The van der Waals surface area contributed by atoms with Gasteiger partial charge in [0.25, 0.3) is 0 Å². The van der Waals surface area contributed by atoms with Crippen LogP contribution in [0.1, 0.15) is 42.2 Å². The van der Waals surface area contributed by atoms with E-state index in [4.69, 9.17) is 5.11 Å². The van der Waals surface area contributed by atoms with E-state index < -0.39 is 29.0 Å². The van der Waals surface area contributed by atoms with Gasteiger partial charge in [0.2, 0.25) is 0 Å². The van der Waals surface area contributed by atoms with E-state index in [2.05, 4.69) is 0 Å². The highest BCUT2D eigenvalue weighted by Gasteiger charge is 2.33. The Morgan fingerprint density at radius 2 is 1.71 bits per heavy atom. The van der Waals surface area contributed by atoms with E-state index in [1.807, 2.05) is 0 Å². The molecule has 6 heteroatoms. The molecule has 104 valence electrons. The number of carboxylic acids is 1. The number of carboxylic acid groups (broad SMARTS) is 1. The first-order valence-corrected chi connectivity index (χ1v) is 5.91. The Morgan fingerprint density at radius 3 is 2.38 bits per heavy atom. The summed E-state index contributed by atoms with van der Waals surface area (Å²) in [6.07, 6.45) is 0. The number of carbonyl (C=O) groups excluding carboxylic acids is 2. The smallest absolute Gasteiger partial charge is 0.335 e. The van der Waals surface area contributed by atoms with Crippen molar-refractivity contribution in [3.8, 4) is 11.5 Å². The zero-order valence-corrected chi connectivity index (χ0v) is 10.4. The molecule has 3 rings (SSSR count). The highest BCUT2D eigenvalue weighted by Crippen LogP contribution is 2.36. The summed E-state index contributed by atoms with van der Waals surface area (Å²) in [6, 6.07) is 5.73. The first kappa shape index (κ1) is 12.9. The van der Waals surface area contributed by atoms with Crippen molar-refractivity contribution in [2.75, 3.05) is 0 Å². The van der Waals surface area contributed by atoms with Crippen molar-refractivity contribution in [1.29, 1.82) is 0 Å². The van der Waals surface area contributed by atoms with Crippen molar-refractivity contribution >= 4 is 17.5 Å². The topological polar surface area (TPSA) is 115 Å². The minimum Gasteiger partial charge on any atom is -0.872 e. The minimum absolute atomic E-state index is 0.0815. The molecule has 1 aliphatic rings. The van der Waals surface area contributed by atoms with Crippen LogP contribution in [0.15, 0.2) is 30.3 Å². The maximum Gasteiger partial charge on any atom is 0.335 e. The lowest BCUT2D eigenvalue weighted by molar-refractivity contribution is -0.268. The van der Waals surface area contributed by atoms with Gasteiger partial charge < -0.3 is 15.3 Å². The average molecular weight is 283 g/mol. The molecule has 2 aromatic rings. The van der Waals surface area contributed by atoms with Crippen LogP contribution < -0.4 is 5.11 Å². The summed E-state index contributed by atoms with van der Waals surface area (Å²) in [5.74, 6) is -4.01. The molecular weight excluding hydrogens is 276 g/mol. The summed E-state index contributed by atoms with van der Waals surface area (Å²) in [5, 5.41) is 30.6. The molecule has 1 aliphatic carbocycles. The number of ketones is 2. The zero-order valence-electron chi connectivity index (χ0n) is 10.4. The zero-order chi connectivity index (χ0) is 15.3. The molecule has 21 heavy (non-hydrogen) atoms. The number of phenolic OH excluding ortho intramolecular Hbond substituents is 1. The van der Waals surface area contributed by atoms with Gasteiger partial charge in [-0.05, 0) is 12.1 Å². The Labute approximate surface area is 117 Å². The molecule has 0 unspecified atom stereocenters. The van der Waals surface area contributed by atoms with Crippen molar-refractivity contribution < 1.29 is 29.7 Å². The fraction of sp³-hybridized carbons (Fsp3) is 0. The third kappa shape index (κ3) is 1.69. The Balaban J connectivity index is 2.36. The normalized spacial score (nSPS) is 12.8. The summed E-state index contributed by atoms with van der Waals surface area (Å²) >= 11 is 0. The number of rotatable bonds is 1. The van der Waals surface area contributed by atoms with Crippen molar-refractivity contribution in [2.24, 2.45) is 0 Å². The van der Waals surface area contributed by atoms with Crippen LogP contribution in [0.2, 0.25) is 0 Å². The van der Waals surface area contributed by atoms with Crippen LogP contribution in [0.5, 0.6) is 11.5 Å². The van der Waals surface area contributed by atoms with Gasteiger partial charge in [0.1, 0.15) is 5.75 Å². The summed E-state index contributed by atoms with van der Waals surface area (Å²) in [4.78, 5) is 35.6. The van der Waals surface area contributed by atoms with Crippen LogP contribution in [0.3, 0.4) is 0 Å². The van der Waals surface area contributed by atoms with E-state index in [9.17, 15) is 24.6 Å². The second-order valence-corrected chi connectivity index (χ2v) is 4.56. The molecule has 0 saturated carbocycles. The number of aromatic carboxylic acids is 1. The Kier molecular flexibility index (Phi) is 2.56. The van der Waals surface area contributed by atoms with Crippen LogP contribution in [-0.2, 0) is 0 Å².